The third kappa shape index (κ3) is 4.93. The summed E-state index contributed by atoms with van der Waals surface area (Å²) in [5.74, 6) is 2.54. The van der Waals surface area contributed by atoms with Crippen molar-refractivity contribution in [2.75, 3.05) is 20.7 Å². The Kier molecular flexibility index (Phi) is 5.61. The lowest BCUT2D eigenvalue weighted by Gasteiger charge is -2.15. The van der Waals surface area contributed by atoms with Crippen LogP contribution in [0.15, 0.2) is 40.8 Å². The van der Waals surface area contributed by atoms with E-state index in [9.17, 15) is 4.79 Å². The number of benzene rings is 1. The van der Waals surface area contributed by atoms with Crippen molar-refractivity contribution in [3.05, 3.63) is 53.5 Å². The topological polar surface area (TPSA) is 54.7 Å². The van der Waals surface area contributed by atoms with E-state index in [0.717, 1.165) is 22.8 Å². The number of hydrogen-bond donors (Lipinski definition) is 1. The summed E-state index contributed by atoms with van der Waals surface area (Å²) in [6, 6.07) is 11.5. The molecule has 0 unspecified atom stereocenters. The summed E-state index contributed by atoms with van der Waals surface area (Å²) in [5, 5.41) is 2.91. The Morgan fingerprint density at radius 1 is 1.23 bits per heavy atom. The quantitative estimate of drug-likeness (QED) is 0.853. The Labute approximate surface area is 130 Å². The van der Waals surface area contributed by atoms with Gasteiger partial charge in [0.25, 0.3) is 0 Å². The van der Waals surface area contributed by atoms with E-state index in [1.807, 2.05) is 55.3 Å². The highest BCUT2D eigenvalue weighted by Gasteiger charge is 2.09. The molecule has 1 aromatic heterocycles. The van der Waals surface area contributed by atoms with Crippen LogP contribution in [0.3, 0.4) is 0 Å². The van der Waals surface area contributed by atoms with E-state index in [1.54, 1.807) is 7.11 Å². The number of nitrogens with zero attached hydrogens (tertiary/aromatic N) is 1. The number of ether oxygens (including phenoxy) is 1. The number of amides is 1. The Balaban J connectivity index is 1.74. The Morgan fingerprint density at radius 2 is 1.95 bits per heavy atom. The van der Waals surface area contributed by atoms with Gasteiger partial charge in [-0.15, -0.1) is 0 Å². The second-order valence-electron chi connectivity index (χ2n) is 5.31. The fourth-order valence-corrected chi connectivity index (χ4v) is 2.14. The standard InChI is InChI=1S/C17H22N2O3/c1-13-4-7-16(22-13)11-19(2)12-17(20)18-10-14-5-8-15(21-3)9-6-14/h4-9H,10-12H2,1-3H3,(H,18,20). The number of hydrogen-bond acceptors (Lipinski definition) is 4. The summed E-state index contributed by atoms with van der Waals surface area (Å²) in [5.41, 5.74) is 1.04. The van der Waals surface area contributed by atoms with Crippen LogP contribution in [0.2, 0.25) is 0 Å². The normalized spacial score (nSPS) is 10.7. The van der Waals surface area contributed by atoms with Crippen LogP contribution < -0.4 is 10.1 Å². The van der Waals surface area contributed by atoms with Gasteiger partial charge in [0.15, 0.2) is 0 Å². The van der Waals surface area contributed by atoms with Gasteiger partial charge in [-0.2, -0.15) is 0 Å². The minimum Gasteiger partial charge on any atom is -0.497 e. The maximum atomic E-state index is 11.9. The van der Waals surface area contributed by atoms with Crippen molar-refractivity contribution < 1.29 is 13.9 Å². The maximum Gasteiger partial charge on any atom is 0.234 e. The molecule has 0 aliphatic heterocycles. The number of furan rings is 1. The zero-order valence-corrected chi connectivity index (χ0v) is 13.3. The molecule has 2 rings (SSSR count). The number of carbonyl (C=O) groups excluding carboxylic acids is 1. The molecule has 0 aliphatic rings. The van der Waals surface area contributed by atoms with Gasteiger partial charge in [-0.25, -0.2) is 0 Å². The molecule has 0 atom stereocenters. The van der Waals surface area contributed by atoms with Crippen LogP contribution in [0.4, 0.5) is 0 Å². The van der Waals surface area contributed by atoms with E-state index in [1.165, 1.54) is 0 Å². The molecule has 0 spiro atoms. The lowest BCUT2D eigenvalue weighted by molar-refractivity contribution is -0.122. The van der Waals surface area contributed by atoms with Crippen molar-refractivity contribution in [1.29, 1.82) is 0 Å². The van der Waals surface area contributed by atoms with Crippen LogP contribution in [0.5, 0.6) is 5.75 Å². The van der Waals surface area contributed by atoms with Crippen molar-refractivity contribution in [2.24, 2.45) is 0 Å². The summed E-state index contributed by atoms with van der Waals surface area (Å²) < 4.78 is 10.6. The van der Waals surface area contributed by atoms with Crippen LogP contribution >= 0.6 is 0 Å². The first-order chi connectivity index (χ1) is 10.6. The third-order valence-corrected chi connectivity index (χ3v) is 3.28. The Morgan fingerprint density at radius 3 is 2.55 bits per heavy atom. The summed E-state index contributed by atoms with van der Waals surface area (Å²) in [4.78, 5) is 13.9. The highest BCUT2D eigenvalue weighted by atomic mass is 16.5. The molecule has 0 saturated heterocycles. The van der Waals surface area contributed by atoms with Gasteiger partial charge < -0.3 is 14.5 Å². The fourth-order valence-electron chi connectivity index (χ4n) is 2.14. The molecule has 0 fully saturated rings. The van der Waals surface area contributed by atoms with Crippen molar-refractivity contribution in [2.45, 2.75) is 20.0 Å². The van der Waals surface area contributed by atoms with Gasteiger partial charge in [0.1, 0.15) is 17.3 Å². The van der Waals surface area contributed by atoms with E-state index in [0.29, 0.717) is 19.6 Å². The van der Waals surface area contributed by atoms with E-state index in [4.69, 9.17) is 9.15 Å². The first-order valence-electron chi connectivity index (χ1n) is 7.20. The lowest BCUT2D eigenvalue weighted by atomic mass is 10.2. The molecular formula is C17H22N2O3. The molecule has 0 radical (unpaired) electrons. The molecule has 2 aromatic rings. The molecule has 1 N–H and O–H groups in total. The monoisotopic (exact) mass is 302 g/mol. The van der Waals surface area contributed by atoms with Gasteiger partial charge in [0.2, 0.25) is 5.91 Å². The fraction of sp³-hybridized carbons (Fsp3) is 0.353. The predicted octanol–water partition coefficient (Wildman–Crippen LogP) is 2.34. The minimum atomic E-state index is -0.0124. The average Bonchev–Trinajstić information content (AvgIpc) is 2.90. The van der Waals surface area contributed by atoms with Crippen molar-refractivity contribution in [3.63, 3.8) is 0 Å². The molecule has 0 bridgehead atoms. The highest BCUT2D eigenvalue weighted by molar-refractivity contribution is 5.77. The van der Waals surface area contributed by atoms with Gasteiger partial charge in [-0.05, 0) is 43.8 Å². The van der Waals surface area contributed by atoms with Crippen molar-refractivity contribution in [1.82, 2.24) is 10.2 Å². The van der Waals surface area contributed by atoms with E-state index in [-0.39, 0.29) is 5.91 Å². The number of likely N-dealkylation sites (N-methyl/N-ethyl adjacent to an activating group) is 1. The Bertz CT molecular complexity index is 605. The summed E-state index contributed by atoms with van der Waals surface area (Å²) >= 11 is 0. The van der Waals surface area contributed by atoms with Crippen LogP contribution in [-0.2, 0) is 17.9 Å². The predicted molar refractivity (Wildman–Crippen MR) is 84.6 cm³/mol. The maximum absolute atomic E-state index is 11.9. The third-order valence-electron chi connectivity index (χ3n) is 3.28. The Hall–Kier alpha value is -2.27. The lowest BCUT2D eigenvalue weighted by Crippen LogP contribution is -2.34. The number of carbonyl (C=O) groups is 1. The first-order valence-corrected chi connectivity index (χ1v) is 7.20. The van der Waals surface area contributed by atoms with Gasteiger partial charge in [-0.1, -0.05) is 12.1 Å². The molecule has 1 aromatic carbocycles. The van der Waals surface area contributed by atoms with Crippen LogP contribution in [0, 0.1) is 6.92 Å². The van der Waals surface area contributed by atoms with Crippen molar-refractivity contribution in [3.8, 4) is 5.75 Å². The van der Waals surface area contributed by atoms with Crippen molar-refractivity contribution >= 4 is 5.91 Å². The van der Waals surface area contributed by atoms with Crippen LogP contribution in [-0.4, -0.2) is 31.5 Å². The van der Waals surface area contributed by atoms with Gasteiger partial charge >= 0.3 is 0 Å². The highest BCUT2D eigenvalue weighted by Crippen LogP contribution is 2.11. The molecule has 5 nitrogen and oxygen atoms in total. The zero-order valence-electron chi connectivity index (χ0n) is 13.3. The molecule has 118 valence electrons. The number of aryl methyl sites for hydroxylation is 1. The number of nitrogens with one attached hydrogen (secondary N) is 1. The van der Waals surface area contributed by atoms with E-state index >= 15 is 0 Å². The zero-order chi connectivity index (χ0) is 15.9. The van der Waals surface area contributed by atoms with Gasteiger partial charge in [0.05, 0.1) is 20.2 Å². The molecule has 0 saturated carbocycles. The largest absolute Gasteiger partial charge is 0.497 e. The summed E-state index contributed by atoms with van der Waals surface area (Å²) in [6.07, 6.45) is 0. The summed E-state index contributed by atoms with van der Waals surface area (Å²) in [6.45, 7) is 3.36. The van der Waals surface area contributed by atoms with Gasteiger partial charge in [-0.3, -0.25) is 9.69 Å². The molecule has 1 heterocycles. The molecule has 5 heteroatoms. The minimum absolute atomic E-state index is 0.0124. The average molecular weight is 302 g/mol. The molecule has 0 aliphatic carbocycles. The van der Waals surface area contributed by atoms with E-state index < -0.39 is 0 Å². The second kappa shape index (κ2) is 7.66. The smallest absolute Gasteiger partial charge is 0.234 e. The molecular weight excluding hydrogens is 280 g/mol. The molecule has 1 amide bonds. The van der Waals surface area contributed by atoms with E-state index in [2.05, 4.69) is 5.32 Å². The van der Waals surface area contributed by atoms with Gasteiger partial charge in [0, 0.05) is 6.54 Å². The van der Waals surface area contributed by atoms with Crippen LogP contribution in [0.25, 0.3) is 0 Å². The van der Waals surface area contributed by atoms with Crippen LogP contribution in [0.1, 0.15) is 17.1 Å². The first kappa shape index (κ1) is 16.1. The SMILES string of the molecule is COc1ccc(CNC(=O)CN(C)Cc2ccc(C)o2)cc1. The second-order valence-corrected chi connectivity index (χ2v) is 5.31. The number of methoxy groups -OCH3 is 1. The number of rotatable bonds is 7. The summed E-state index contributed by atoms with van der Waals surface area (Å²) in [7, 11) is 3.53. The molecule has 22 heavy (non-hydrogen) atoms.